The van der Waals surface area contributed by atoms with Gasteiger partial charge in [0.1, 0.15) is 23.6 Å². The Labute approximate surface area is 212 Å². The second kappa shape index (κ2) is 9.50. The van der Waals surface area contributed by atoms with E-state index >= 15 is 0 Å². The third-order valence-electron chi connectivity index (χ3n) is 7.05. The number of carbonyl (C=O) groups excluding carboxylic acids is 1. The van der Waals surface area contributed by atoms with Crippen LogP contribution in [0.3, 0.4) is 0 Å². The molecule has 2 N–H and O–H groups in total. The van der Waals surface area contributed by atoms with E-state index in [1.54, 1.807) is 12.4 Å². The Hall–Kier alpha value is -4.53. The number of fused-ring (bicyclic) bond motifs is 2. The highest BCUT2D eigenvalue weighted by molar-refractivity contribution is 5.93. The predicted molar refractivity (Wildman–Crippen MR) is 141 cm³/mol. The van der Waals surface area contributed by atoms with Crippen molar-refractivity contribution in [3.63, 3.8) is 0 Å². The number of hydrogen-bond donors (Lipinski definition) is 2. The third-order valence-corrected chi connectivity index (χ3v) is 7.05. The smallest absolute Gasteiger partial charge is 0.245 e. The van der Waals surface area contributed by atoms with Gasteiger partial charge in [0.05, 0.1) is 23.6 Å². The minimum atomic E-state index is -0.253. The van der Waals surface area contributed by atoms with Crippen molar-refractivity contribution in [1.29, 1.82) is 0 Å². The van der Waals surface area contributed by atoms with E-state index in [1.165, 1.54) is 18.2 Å². The van der Waals surface area contributed by atoms with E-state index in [4.69, 9.17) is 0 Å². The van der Waals surface area contributed by atoms with Gasteiger partial charge in [0.25, 0.3) is 0 Å². The van der Waals surface area contributed by atoms with Gasteiger partial charge in [-0.15, -0.1) is 0 Å². The number of amides is 1. The van der Waals surface area contributed by atoms with Crippen molar-refractivity contribution in [1.82, 2.24) is 29.6 Å². The van der Waals surface area contributed by atoms with Crippen molar-refractivity contribution in [3.8, 4) is 0 Å². The molecule has 9 heteroatoms. The van der Waals surface area contributed by atoms with Gasteiger partial charge in [-0.25, -0.2) is 14.4 Å². The molecule has 0 saturated carbocycles. The molecule has 1 amide bonds. The largest absolute Gasteiger partial charge is 0.346 e. The molecule has 1 fully saturated rings. The molecule has 8 nitrogen and oxygen atoms in total. The molecule has 0 bridgehead atoms. The van der Waals surface area contributed by atoms with Gasteiger partial charge in [-0.1, -0.05) is 18.7 Å². The Morgan fingerprint density at radius 3 is 2.86 bits per heavy atom. The maximum atomic E-state index is 13.6. The summed E-state index contributed by atoms with van der Waals surface area (Å²) in [5.41, 5.74) is 4.64. The number of benzene rings is 2. The predicted octanol–water partition coefficient (Wildman–Crippen LogP) is 5.13. The lowest BCUT2D eigenvalue weighted by molar-refractivity contribution is -0.127. The summed E-state index contributed by atoms with van der Waals surface area (Å²) in [6, 6.07) is 12.6. The molecule has 0 atom stereocenters. The van der Waals surface area contributed by atoms with Crippen molar-refractivity contribution < 1.29 is 9.18 Å². The summed E-state index contributed by atoms with van der Waals surface area (Å²) in [5, 5.41) is 9.93. The highest BCUT2D eigenvalue weighted by Crippen LogP contribution is 2.36. The maximum absolute atomic E-state index is 13.6. The molecule has 0 unspecified atom stereocenters. The molecular formula is C28H26FN7O. The summed E-state index contributed by atoms with van der Waals surface area (Å²) in [5.74, 6) is 0.768. The Morgan fingerprint density at radius 2 is 2.05 bits per heavy atom. The zero-order valence-electron chi connectivity index (χ0n) is 20.2. The minimum absolute atomic E-state index is 0.0160. The molecule has 37 heavy (non-hydrogen) atoms. The summed E-state index contributed by atoms with van der Waals surface area (Å²) < 4.78 is 15.5. The first-order chi connectivity index (χ1) is 18.1. The quantitative estimate of drug-likeness (QED) is 0.319. The standard InChI is InChI=1S/C28H26FN7O/c1-2-25(37)35-10-8-19(9-11-35)23-15-30-27-26(23)28(32-17-31-27)34-22-6-7-24-20(13-22)14-33-36(24)16-18-4-3-5-21(29)12-18/h2-7,12-15,17,19H,1,8-11,16H2,(H2,30,31,32,34). The molecule has 6 rings (SSSR count). The first-order valence-corrected chi connectivity index (χ1v) is 12.3. The van der Waals surface area contributed by atoms with Gasteiger partial charge in [-0.3, -0.25) is 9.48 Å². The highest BCUT2D eigenvalue weighted by atomic mass is 19.1. The van der Waals surface area contributed by atoms with Gasteiger partial charge in [0.15, 0.2) is 0 Å². The number of carbonyl (C=O) groups is 1. The molecule has 0 spiro atoms. The fourth-order valence-corrected chi connectivity index (χ4v) is 5.18. The van der Waals surface area contributed by atoms with Crippen LogP contribution in [0.4, 0.5) is 15.9 Å². The number of nitrogens with one attached hydrogen (secondary N) is 2. The van der Waals surface area contributed by atoms with Crippen LogP contribution in [0.1, 0.15) is 29.9 Å². The molecule has 0 radical (unpaired) electrons. The van der Waals surface area contributed by atoms with E-state index in [2.05, 4.69) is 31.9 Å². The number of H-pyrrole nitrogens is 1. The number of rotatable bonds is 6. The second-order valence-electron chi connectivity index (χ2n) is 9.32. The highest BCUT2D eigenvalue weighted by Gasteiger charge is 2.26. The second-order valence-corrected chi connectivity index (χ2v) is 9.32. The van der Waals surface area contributed by atoms with E-state index in [1.807, 2.05) is 46.2 Å². The normalized spacial score (nSPS) is 14.4. The first kappa shape index (κ1) is 22.9. The summed E-state index contributed by atoms with van der Waals surface area (Å²) in [7, 11) is 0. The lowest BCUT2D eigenvalue weighted by atomic mass is 9.89. The summed E-state index contributed by atoms with van der Waals surface area (Å²) in [6.45, 7) is 5.50. The topological polar surface area (TPSA) is 91.7 Å². The summed E-state index contributed by atoms with van der Waals surface area (Å²) in [4.78, 5) is 26.1. The zero-order chi connectivity index (χ0) is 25.4. The number of aromatic amines is 1. The zero-order valence-corrected chi connectivity index (χ0v) is 20.2. The Balaban J connectivity index is 1.25. The average Bonchev–Trinajstić information content (AvgIpc) is 3.53. The molecule has 1 aliphatic heterocycles. The third kappa shape index (κ3) is 4.44. The Bertz CT molecular complexity index is 1610. The van der Waals surface area contributed by atoms with Crippen molar-refractivity contribution in [2.45, 2.75) is 25.3 Å². The van der Waals surface area contributed by atoms with Crippen LogP contribution in [-0.4, -0.2) is 48.6 Å². The van der Waals surface area contributed by atoms with Crippen molar-refractivity contribution in [2.24, 2.45) is 0 Å². The lowest BCUT2D eigenvalue weighted by Gasteiger charge is -2.31. The van der Waals surface area contributed by atoms with Crippen LogP contribution in [0, 0.1) is 5.82 Å². The van der Waals surface area contributed by atoms with E-state index in [-0.39, 0.29) is 11.7 Å². The number of piperidine rings is 1. The van der Waals surface area contributed by atoms with Crippen molar-refractivity contribution >= 4 is 39.3 Å². The molecule has 0 aliphatic carbocycles. The van der Waals surface area contributed by atoms with Crippen molar-refractivity contribution in [3.05, 3.63) is 90.8 Å². The fraction of sp³-hybridized carbons (Fsp3) is 0.214. The fourth-order valence-electron chi connectivity index (χ4n) is 5.18. The van der Waals surface area contributed by atoms with Gasteiger partial charge in [-0.2, -0.15) is 5.10 Å². The first-order valence-electron chi connectivity index (χ1n) is 12.3. The Kier molecular flexibility index (Phi) is 5.88. The van der Waals surface area contributed by atoms with E-state index in [0.717, 1.165) is 57.4 Å². The van der Waals surface area contributed by atoms with Crippen LogP contribution in [-0.2, 0) is 11.3 Å². The molecule has 1 saturated heterocycles. The number of anilines is 2. The molecule has 1 aliphatic rings. The SMILES string of the molecule is C=CC(=O)N1CCC(c2c[nH]c3ncnc(Nc4ccc5c(cnn5Cc5cccc(F)c5)c4)c23)CC1. The monoisotopic (exact) mass is 495 g/mol. The van der Waals surface area contributed by atoms with Crippen LogP contribution < -0.4 is 5.32 Å². The van der Waals surface area contributed by atoms with Crippen molar-refractivity contribution in [2.75, 3.05) is 18.4 Å². The van der Waals surface area contributed by atoms with Crippen LogP contribution in [0.2, 0.25) is 0 Å². The molecule has 5 aromatic rings. The van der Waals surface area contributed by atoms with Crippen LogP contribution in [0.5, 0.6) is 0 Å². The number of likely N-dealkylation sites (tertiary alicyclic amines) is 1. The number of hydrogen-bond acceptors (Lipinski definition) is 5. The molecule has 3 aromatic heterocycles. The van der Waals surface area contributed by atoms with Crippen LogP contribution in [0.15, 0.2) is 73.8 Å². The van der Waals surface area contributed by atoms with Gasteiger partial charge >= 0.3 is 0 Å². The molecule has 4 heterocycles. The summed E-state index contributed by atoms with van der Waals surface area (Å²) in [6.07, 6.45) is 8.50. The average molecular weight is 496 g/mol. The van der Waals surface area contributed by atoms with Gasteiger partial charge in [0.2, 0.25) is 5.91 Å². The van der Waals surface area contributed by atoms with E-state index in [0.29, 0.717) is 25.6 Å². The van der Waals surface area contributed by atoms with Gasteiger partial charge in [0, 0.05) is 30.4 Å². The maximum Gasteiger partial charge on any atom is 0.245 e. The van der Waals surface area contributed by atoms with Crippen LogP contribution in [0.25, 0.3) is 21.9 Å². The number of halogens is 1. The molecule has 2 aromatic carbocycles. The van der Waals surface area contributed by atoms with E-state index < -0.39 is 0 Å². The Morgan fingerprint density at radius 1 is 1.19 bits per heavy atom. The number of aromatic nitrogens is 5. The molecular weight excluding hydrogens is 469 g/mol. The number of nitrogens with zero attached hydrogens (tertiary/aromatic N) is 5. The molecule has 186 valence electrons. The van der Waals surface area contributed by atoms with Gasteiger partial charge < -0.3 is 15.2 Å². The lowest BCUT2D eigenvalue weighted by Crippen LogP contribution is -2.36. The van der Waals surface area contributed by atoms with E-state index in [9.17, 15) is 9.18 Å². The summed E-state index contributed by atoms with van der Waals surface area (Å²) >= 11 is 0. The van der Waals surface area contributed by atoms with Crippen LogP contribution >= 0.6 is 0 Å². The van der Waals surface area contributed by atoms with Gasteiger partial charge in [-0.05, 0) is 66.3 Å². The minimum Gasteiger partial charge on any atom is -0.346 e.